The summed E-state index contributed by atoms with van der Waals surface area (Å²) in [5.74, 6) is -0.110. The van der Waals surface area contributed by atoms with Gasteiger partial charge < -0.3 is 10.2 Å². The molecule has 0 spiro atoms. The van der Waals surface area contributed by atoms with Crippen LogP contribution in [0.2, 0.25) is 0 Å². The molecule has 0 radical (unpaired) electrons. The first-order chi connectivity index (χ1) is 8.38. The van der Waals surface area contributed by atoms with Crippen molar-refractivity contribution in [1.82, 2.24) is 0 Å². The maximum Gasteiger partial charge on any atom is 0.414 e. The summed E-state index contributed by atoms with van der Waals surface area (Å²) in [6.45, 7) is 9.38. The minimum absolute atomic E-state index is 0.117. The van der Waals surface area contributed by atoms with Crippen LogP contribution in [-0.2, 0) is 0 Å². The first-order valence-corrected chi connectivity index (χ1v) is 6.80. The first kappa shape index (κ1) is 18.7. The lowest BCUT2D eigenvalue weighted by Crippen LogP contribution is -2.34. The molecule has 0 saturated carbocycles. The molecule has 116 valence electrons. The highest BCUT2D eigenvalue weighted by Crippen LogP contribution is 2.34. The van der Waals surface area contributed by atoms with Crippen LogP contribution in [0.15, 0.2) is 0 Å². The molecular formula is C14H27F3O2. The highest BCUT2D eigenvalue weighted by atomic mass is 19.4. The molecule has 0 aromatic heterocycles. The van der Waals surface area contributed by atoms with Gasteiger partial charge in [0, 0.05) is 0 Å². The number of hydrogen-bond donors (Lipinski definition) is 2. The average Bonchev–Trinajstić information content (AvgIpc) is 2.24. The zero-order chi connectivity index (χ0) is 15.4. The fourth-order valence-electron chi connectivity index (χ4n) is 2.30. The molecule has 0 aliphatic heterocycles. The molecule has 0 amide bonds. The largest absolute Gasteiger partial charge is 0.414 e. The summed E-state index contributed by atoms with van der Waals surface area (Å²) < 4.78 is 36.7. The van der Waals surface area contributed by atoms with Crippen LogP contribution in [0.3, 0.4) is 0 Å². The summed E-state index contributed by atoms with van der Waals surface area (Å²) in [4.78, 5) is 0. The van der Waals surface area contributed by atoms with Crippen molar-refractivity contribution in [1.29, 1.82) is 0 Å². The number of hydrogen-bond acceptors (Lipinski definition) is 2. The van der Waals surface area contributed by atoms with Gasteiger partial charge in [-0.25, -0.2) is 0 Å². The molecule has 0 bridgehead atoms. The van der Waals surface area contributed by atoms with Crippen LogP contribution >= 0.6 is 0 Å². The lowest BCUT2D eigenvalue weighted by molar-refractivity contribution is -0.208. The summed E-state index contributed by atoms with van der Waals surface area (Å²) in [6.07, 6.45) is -6.35. The molecule has 3 atom stereocenters. The summed E-state index contributed by atoms with van der Waals surface area (Å²) in [5.41, 5.74) is -0.328. The van der Waals surface area contributed by atoms with Gasteiger partial charge in [-0.05, 0) is 30.1 Å². The van der Waals surface area contributed by atoms with Gasteiger partial charge in [-0.2, -0.15) is 13.2 Å². The molecular weight excluding hydrogens is 257 g/mol. The maximum atomic E-state index is 12.2. The van der Waals surface area contributed by atoms with Crippen molar-refractivity contribution in [2.45, 2.75) is 72.3 Å². The predicted molar refractivity (Wildman–Crippen MR) is 69.7 cm³/mol. The molecule has 5 heteroatoms. The molecule has 0 saturated heterocycles. The minimum atomic E-state index is -4.54. The Morgan fingerprint density at radius 1 is 1.00 bits per heavy atom. The Kier molecular flexibility index (Phi) is 6.83. The topological polar surface area (TPSA) is 40.5 Å². The van der Waals surface area contributed by atoms with Crippen LogP contribution in [0.1, 0.15) is 53.9 Å². The van der Waals surface area contributed by atoms with E-state index in [2.05, 4.69) is 0 Å². The molecule has 0 aliphatic rings. The third kappa shape index (κ3) is 6.61. The molecule has 2 nitrogen and oxygen atoms in total. The number of rotatable bonds is 7. The predicted octanol–water partition coefficient (Wildman–Crippen LogP) is 3.76. The number of alkyl halides is 3. The molecule has 0 aromatic carbocycles. The van der Waals surface area contributed by atoms with E-state index in [1.807, 2.05) is 27.7 Å². The van der Waals surface area contributed by atoms with Crippen molar-refractivity contribution in [2.75, 3.05) is 0 Å². The van der Waals surface area contributed by atoms with Gasteiger partial charge in [0.15, 0.2) is 0 Å². The Bertz CT molecular complexity index is 262. The smallest absolute Gasteiger partial charge is 0.392 e. The third-order valence-corrected chi connectivity index (χ3v) is 3.72. The minimum Gasteiger partial charge on any atom is -0.392 e. The summed E-state index contributed by atoms with van der Waals surface area (Å²) >= 11 is 0. The van der Waals surface area contributed by atoms with Crippen molar-refractivity contribution in [3.63, 3.8) is 0 Å². The summed E-state index contributed by atoms with van der Waals surface area (Å²) in [7, 11) is 0. The van der Waals surface area contributed by atoms with E-state index in [1.54, 1.807) is 6.92 Å². The van der Waals surface area contributed by atoms with Gasteiger partial charge in [-0.3, -0.25) is 0 Å². The third-order valence-electron chi connectivity index (χ3n) is 3.72. The summed E-state index contributed by atoms with van der Waals surface area (Å²) in [6, 6.07) is 0. The van der Waals surface area contributed by atoms with E-state index in [4.69, 9.17) is 5.11 Å². The SMILES string of the molecule is CC(CCC(C)(C)C(O)C(C)C)C[C@H](O)C(F)(F)F. The zero-order valence-corrected chi connectivity index (χ0v) is 12.5. The van der Waals surface area contributed by atoms with Crippen LogP contribution in [0, 0.1) is 17.3 Å². The second-order valence-electron chi connectivity index (χ2n) is 6.61. The second-order valence-corrected chi connectivity index (χ2v) is 6.61. The van der Waals surface area contributed by atoms with Gasteiger partial charge in [-0.15, -0.1) is 0 Å². The van der Waals surface area contributed by atoms with Crippen molar-refractivity contribution < 1.29 is 23.4 Å². The fraction of sp³-hybridized carbons (Fsp3) is 1.00. The van der Waals surface area contributed by atoms with Crippen molar-refractivity contribution in [3.05, 3.63) is 0 Å². The zero-order valence-electron chi connectivity index (χ0n) is 12.5. The molecule has 0 heterocycles. The molecule has 0 fully saturated rings. The number of aliphatic hydroxyl groups excluding tert-OH is 2. The lowest BCUT2D eigenvalue weighted by Gasteiger charge is -2.34. The Hall–Kier alpha value is -0.290. The van der Waals surface area contributed by atoms with Gasteiger partial charge in [0.2, 0.25) is 0 Å². The molecule has 0 rings (SSSR count). The fourth-order valence-corrected chi connectivity index (χ4v) is 2.30. The van der Waals surface area contributed by atoms with Crippen LogP contribution in [-0.4, -0.2) is 28.6 Å². The van der Waals surface area contributed by atoms with Gasteiger partial charge in [0.05, 0.1) is 6.10 Å². The normalized spacial score (nSPS) is 18.5. The van der Waals surface area contributed by atoms with E-state index in [0.29, 0.717) is 12.8 Å². The van der Waals surface area contributed by atoms with Gasteiger partial charge in [0.25, 0.3) is 0 Å². The van der Waals surface area contributed by atoms with E-state index in [-0.39, 0.29) is 23.7 Å². The quantitative estimate of drug-likeness (QED) is 0.747. The number of aliphatic hydroxyl groups is 2. The molecule has 0 aliphatic carbocycles. The van der Waals surface area contributed by atoms with Gasteiger partial charge in [-0.1, -0.05) is 41.0 Å². The molecule has 2 unspecified atom stereocenters. The van der Waals surface area contributed by atoms with Crippen molar-refractivity contribution >= 4 is 0 Å². The lowest BCUT2D eigenvalue weighted by atomic mass is 9.75. The second kappa shape index (κ2) is 6.93. The molecule has 0 aromatic rings. The molecule has 19 heavy (non-hydrogen) atoms. The van der Waals surface area contributed by atoms with Crippen LogP contribution < -0.4 is 0 Å². The Morgan fingerprint density at radius 2 is 1.47 bits per heavy atom. The van der Waals surface area contributed by atoms with Crippen molar-refractivity contribution in [2.24, 2.45) is 17.3 Å². The average molecular weight is 284 g/mol. The molecule has 2 N–H and O–H groups in total. The monoisotopic (exact) mass is 284 g/mol. The highest BCUT2D eigenvalue weighted by Gasteiger charge is 2.39. The van der Waals surface area contributed by atoms with E-state index in [1.165, 1.54) is 0 Å². The maximum absolute atomic E-state index is 12.2. The van der Waals surface area contributed by atoms with Crippen LogP contribution in [0.25, 0.3) is 0 Å². The van der Waals surface area contributed by atoms with Crippen molar-refractivity contribution in [3.8, 4) is 0 Å². The van der Waals surface area contributed by atoms with E-state index < -0.39 is 18.4 Å². The van der Waals surface area contributed by atoms with E-state index in [9.17, 15) is 18.3 Å². The Labute approximate surface area is 114 Å². The Balaban J connectivity index is 4.26. The van der Waals surface area contributed by atoms with Crippen LogP contribution in [0.5, 0.6) is 0 Å². The highest BCUT2D eigenvalue weighted by molar-refractivity contribution is 4.81. The number of halogens is 3. The van der Waals surface area contributed by atoms with Gasteiger partial charge >= 0.3 is 6.18 Å². The summed E-state index contributed by atoms with van der Waals surface area (Å²) in [5, 5.41) is 19.1. The van der Waals surface area contributed by atoms with E-state index in [0.717, 1.165) is 0 Å². The van der Waals surface area contributed by atoms with Crippen LogP contribution in [0.4, 0.5) is 13.2 Å². The van der Waals surface area contributed by atoms with E-state index >= 15 is 0 Å². The Morgan fingerprint density at radius 3 is 1.84 bits per heavy atom. The first-order valence-electron chi connectivity index (χ1n) is 6.80. The standard InChI is InChI=1S/C14H27F3O2/c1-9(2)12(19)13(4,5)7-6-10(3)8-11(18)14(15,16)17/h9-12,18-19H,6-8H2,1-5H3/t10?,11-,12?/m0/s1. The van der Waals surface area contributed by atoms with Gasteiger partial charge in [0.1, 0.15) is 6.10 Å².